The third-order valence-electron chi connectivity index (χ3n) is 5.01. The van der Waals surface area contributed by atoms with Crippen LogP contribution in [0.25, 0.3) is 10.9 Å². The first-order chi connectivity index (χ1) is 13.1. The maximum atomic E-state index is 12.7. The number of fused-ring (bicyclic) bond motifs is 1. The van der Waals surface area contributed by atoms with Crippen molar-refractivity contribution in [1.29, 1.82) is 0 Å². The van der Waals surface area contributed by atoms with Crippen molar-refractivity contribution in [3.63, 3.8) is 0 Å². The van der Waals surface area contributed by atoms with E-state index in [2.05, 4.69) is 53.3 Å². The second-order valence-corrected chi connectivity index (χ2v) is 7.01. The molecule has 0 bridgehead atoms. The molecule has 1 amide bonds. The normalized spacial score (nSPS) is 12.4. The van der Waals surface area contributed by atoms with Crippen LogP contribution in [0.15, 0.2) is 54.6 Å². The monoisotopic (exact) mass is 383 g/mol. The van der Waals surface area contributed by atoms with E-state index < -0.39 is 0 Å². The van der Waals surface area contributed by atoms with Crippen LogP contribution < -0.4 is 5.32 Å². The molecule has 0 aliphatic carbocycles. The molecule has 1 heterocycles. The molecule has 3 aromatic rings. The summed E-state index contributed by atoms with van der Waals surface area (Å²) in [5, 5.41) is 4.42. The number of carbonyl (C=O) groups excluding carboxylic acids is 1. The van der Waals surface area contributed by atoms with Gasteiger partial charge in [-0.25, -0.2) is 0 Å². The number of para-hydroxylation sites is 1. The van der Waals surface area contributed by atoms with Crippen molar-refractivity contribution >= 4 is 28.4 Å². The molecule has 0 aliphatic rings. The Morgan fingerprint density at radius 2 is 1.74 bits per heavy atom. The molecule has 0 unspecified atom stereocenters. The number of aromatic amines is 1. The maximum Gasteiger partial charge on any atom is 0.269 e. The van der Waals surface area contributed by atoms with Gasteiger partial charge in [0.05, 0.1) is 5.02 Å². The number of amides is 1. The van der Waals surface area contributed by atoms with E-state index >= 15 is 0 Å². The summed E-state index contributed by atoms with van der Waals surface area (Å²) in [7, 11) is 0. The zero-order chi connectivity index (χ0) is 19.2. The fourth-order valence-corrected chi connectivity index (χ4v) is 3.82. The summed E-state index contributed by atoms with van der Waals surface area (Å²) in [5.74, 6) is -0.165. The second kappa shape index (κ2) is 9.07. The molecule has 0 radical (unpaired) electrons. The van der Waals surface area contributed by atoms with E-state index in [0.29, 0.717) is 17.3 Å². The van der Waals surface area contributed by atoms with E-state index in [4.69, 9.17) is 11.6 Å². The second-order valence-electron chi connectivity index (χ2n) is 6.63. The van der Waals surface area contributed by atoms with Crippen molar-refractivity contribution in [2.45, 2.75) is 26.3 Å². The minimum absolute atomic E-state index is 0.165. The number of nitrogens with zero attached hydrogens (tertiary/aromatic N) is 1. The summed E-state index contributed by atoms with van der Waals surface area (Å²) >= 11 is 6.41. The Morgan fingerprint density at radius 1 is 1.07 bits per heavy atom. The molecular weight excluding hydrogens is 358 g/mol. The first kappa shape index (κ1) is 19.5. The van der Waals surface area contributed by atoms with Gasteiger partial charge < -0.3 is 10.3 Å². The fraction of sp³-hybridized carbons (Fsp3) is 0.318. The smallest absolute Gasteiger partial charge is 0.269 e. The van der Waals surface area contributed by atoms with E-state index in [1.807, 2.05) is 30.3 Å². The molecule has 5 heteroatoms. The van der Waals surface area contributed by atoms with Crippen LogP contribution in [0.5, 0.6) is 0 Å². The number of hydrogen-bond donors (Lipinski definition) is 2. The average Bonchev–Trinajstić information content (AvgIpc) is 3.04. The largest absolute Gasteiger partial charge is 0.349 e. The SMILES string of the molecule is CCN(CC)[C@H](CNC(=O)c1[nH]c2ccccc2c1Cl)Cc1ccccc1. The Hall–Kier alpha value is -2.30. The van der Waals surface area contributed by atoms with Crippen LogP contribution in [0.4, 0.5) is 0 Å². The van der Waals surface area contributed by atoms with Gasteiger partial charge in [0.15, 0.2) is 0 Å². The molecule has 2 N–H and O–H groups in total. The zero-order valence-electron chi connectivity index (χ0n) is 15.8. The molecule has 27 heavy (non-hydrogen) atoms. The molecule has 142 valence electrons. The number of aromatic nitrogens is 1. The highest BCUT2D eigenvalue weighted by molar-refractivity contribution is 6.38. The maximum absolute atomic E-state index is 12.7. The van der Waals surface area contributed by atoms with Gasteiger partial charge in [0.2, 0.25) is 0 Å². The predicted octanol–water partition coefficient (Wildman–Crippen LogP) is 4.50. The number of rotatable bonds is 8. The molecule has 0 saturated carbocycles. The van der Waals surface area contributed by atoms with Crippen molar-refractivity contribution in [1.82, 2.24) is 15.2 Å². The number of likely N-dealkylation sites (N-methyl/N-ethyl adjacent to an activating group) is 1. The fourth-order valence-electron chi connectivity index (χ4n) is 3.52. The topological polar surface area (TPSA) is 48.1 Å². The Labute approximate surface area is 165 Å². The summed E-state index contributed by atoms with van der Waals surface area (Å²) in [6, 6.07) is 18.3. The molecule has 1 atom stereocenters. The predicted molar refractivity (Wildman–Crippen MR) is 112 cm³/mol. The van der Waals surface area contributed by atoms with Crippen LogP contribution in [0.2, 0.25) is 5.02 Å². The molecule has 4 nitrogen and oxygen atoms in total. The molecule has 0 aliphatic heterocycles. The van der Waals surface area contributed by atoms with Gasteiger partial charge in [-0.1, -0.05) is 74.0 Å². The summed E-state index contributed by atoms with van der Waals surface area (Å²) in [5.41, 5.74) is 2.57. The highest BCUT2D eigenvalue weighted by Gasteiger charge is 2.20. The lowest BCUT2D eigenvalue weighted by Gasteiger charge is -2.30. The van der Waals surface area contributed by atoms with Crippen LogP contribution in [-0.4, -0.2) is 41.5 Å². The number of halogens is 1. The number of carbonyl (C=O) groups is 1. The van der Waals surface area contributed by atoms with E-state index in [9.17, 15) is 4.79 Å². The van der Waals surface area contributed by atoms with Gasteiger partial charge in [0, 0.05) is 23.5 Å². The Morgan fingerprint density at radius 3 is 2.41 bits per heavy atom. The van der Waals surface area contributed by atoms with Crippen LogP contribution in [-0.2, 0) is 6.42 Å². The van der Waals surface area contributed by atoms with Gasteiger partial charge in [-0.05, 0) is 31.1 Å². The van der Waals surface area contributed by atoms with E-state index in [-0.39, 0.29) is 11.9 Å². The Kier molecular flexibility index (Phi) is 6.54. The summed E-state index contributed by atoms with van der Waals surface area (Å²) in [6.45, 7) is 6.75. The number of H-pyrrole nitrogens is 1. The van der Waals surface area contributed by atoms with Crippen LogP contribution in [0, 0.1) is 0 Å². The lowest BCUT2D eigenvalue weighted by Crippen LogP contribution is -2.45. The Balaban J connectivity index is 1.73. The molecule has 3 rings (SSSR count). The van der Waals surface area contributed by atoms with Gasteiger partial charge in [-0.2, -0.15) is 0 Å². The van der Waals surface area contributed by atoms with Crippen molar-refractivity contribution in [2.75, 3.05) is 19.6 Å². The molecule has 2 aromatic carbocycles. The van der Waals surface area contributed by atoms with Gasteiger partial charge in [-0.15, -0.1) is 0 Å². The van der Waals surface area contributed by atoms with Crippen molar-refractivity contribution in [3.05, 3.63) is 70.9 Å². The van der Waals surface area contributed by atoms with E-state index in [1.54, 1.807) is 0 Å². The minimum atomic E-state index is -0.165. The first-order valence-corrected chi connectivity index (χ1v) is 9.84. The van der Waals surface area contributed by atoms with Crippen LogP contribution in [0.1, 0.15) is 29.9 Å². The molecule has 1 aromatic heterocycles. The standard InChI is InChI=1S/C22H26ClN3O/c1-3-26(4-2)17(14-16-10-6-5-7-11-16)15-24-22(27)21-20(23)18-12-8-9-13-19(18)25-21/h5-13,17,25H,3-4,14-15H2,1-2H3,(H,24,27)/t17-/m0/s1. The van der Waals surface area contributed by atoms with Crippen molar-refractivity contribution < 1.29 is 4.79 Å². The highest BCUT2D eigenvalue weighted by Crippen LogP contribution is 2.27. The van der Waals surface area contributed by atoms with Gasteiger partial charge in [-0.3, -0.25) is 9.69 Å². The number of hydrogen-bond acceptors (Lipinski definition) is 2. The van der Waals surface area contributed by atoms with Gasteiger partial charge in [0.1, 0.15) is 5.69 Å². The van der Waals surface area contributed by atoms with Gasteiger partial charge in [0.25, 0.3) is 5.91 Å². The van der Waals surface area contributed by atoms with Crippen LogP contribution in [0.3, 0.4) is 0 Å². The summed E-state index contributed by atoms with van der Waals surface area (Å²) < 4.78 is 0. The quantitative estimate of drug-likeness (QED) is 0.601. The molecular formula is C22H26ClN3O. The van der Waals surface area contributed by atoms with Crippen molar-refractivity contribution in [3.8, 4) is 0 Å². The van der Waals surface area contributed by atoms with Gasteiger partial charge >= 0.3 is 0 Å². The molecule has 0 fully saturated rings. The first-order valence-electron chi connectivity index (χ1n) is 9.46. The molecule has 0 saturated heterocycles. The lowest BCUT2D eigenvalue weighted by atomic mass is 10.0. The van der Waals surface area contributed by atoms with Crippen molar-refractivity contribution in [2.24, 2.45) is 0 Å². The van der Waals surface area contributed by atoms with E-state index in [1.165, 1.54) is 5.56 Å². The summed E-state index contributed by atoms with van der Waals surface area (Å²) in [6.07, 6.45) is 0.892. The lowest BCUT2D eigenvalue weighted by molar-refractivity contribution is 0.0930. The molecule has 0 spiro atoms. The van der Waals surface area contributed by atoms with Crippen LogP contribution >= 0.6 is 11.6 Å². The average molecular weight is 384 g/mol. The third-order valence-corrected chi connectivity index (χ3v) is 5.40. The summed E-state index contributed by atoms with van der Waals surface area (Å²) in [4.78, 5) is 18.3. The number of nitrogens with one attached hydrogen (secondary N) is 2. The third kappa shape index (κ3) is 4.52. The Bertz CT molecular complexity index is 887. The highest BCUT2D eigenvalue weighted by atomic mass is 35.5. The van der Waals surface area contributed by atoms with E-state index in [0.717, 1.165) is 30.4 Å². The number of benzene rings is 2. The minimum Gasteiger partial charge on any atom is -0.349 e. The zero-order valence-corrected chi connectivity index (χ0v) is 16.6.